The number of rotatable bonds is 3. The summed E-state index contributed by atoms with van der Waals surface area (Å²) in [5, 5.41) is 0.509. The highest BCUT2D eigenvalue weighted by atomic mass is 35.5. The first-order valence-electron chi connectivity index (χ1n) is 6.28. The summed E-state index contributed by atoms with van der Waals surface area (Å²) < 4.78 is 5.79. The number of terminal acetylenes is 1. The van der Waals surface area contributed by atoms with Crippen LogP contribution in [0.3, 0.4) is 0 Å². The van der Waals surface area contributed by atoms with Gasteiger partial charge in [0.2, 0.25) is 5.95 Å². The van der Waals surface area contributed by atoms with Crippen molar-refractivity contribution in [1.29, 1.82) is 0 Å². The van der Waals surface area contributed by atoms with E-state index in [4.69, 9.17) is 34.2 Å². The third kappa shape index (κ3) is 3.18. The van der Waals surface area contributed by atoms with Gasteiger partial charge in [-0.3, -0.25) is 0 Å². The Labute approximate surface area is 128 Å². The lowest BCUT2D eigenvalue weighted by atomic mass is 10.0. The zero-order valence-electron chi connectivity index (χ0n) is 11.7. The molecule has 1 heterocycles. The average Bonchev–Trinajstić information content (AvgIpc) is 2.42. The van der Waals surface area contributed by atoms with Crippen LogP contribution in [0, 0.1) is 12.3 Å². The van der Waals surface area contributed by atoms with Crippen LogP contribution in [0.15, 0.2) is 18.3 Å². The number of ether oxygens (including phenoxy) is 1. The van der Waals surface area contributed by atoms with E-state index in [1.165, 1.54) is 6.20 Å². The van der Waals surface area contributed by atoms with Crippen molar-refractivity contribution in [2.24, 2.45) is 0 Å². The molecule has 0 saturated carbocycles. The Balaban J connectivity index is 2.49. The lowest BCUT2D eigenvalue weighted by Gasteiger charge is -2.16. The summed E-state index contributed by atoms with van der Waals surface area (Å²) >= 11 is 6.14. The molecule has 2 rings (SSSR count). The maximum absolute atomic E-state index is 6.14. The summed E-state index contributed by atoms with van der Waals surface area (Å²) in [5.74, 6) is 3.85. The van der Waals surface area contributed by atoms with Crippen molar-refractivity contribution in [3.63, 3.8) is 0 Å². The van der Waals surface area contributed by atoms with E-state index < -0.39 is 0 Å². The first-order chi connectivity index (χ1) is 9.92. The summed E-state index contributed by atoms with van der Waals surface area (Å²) in [4.78, 5) is 7.72. The normalized spacial score (nSPS) is 10.4. The molecule has 108 valence electrons. The molecule has 6 heteroatoms. The van der Waals surface area contributed by atoms with Crippen molar-refractivity contribution in [3.05, 3.63) is 34.5 Å². The molecule has 21 heavy (non-hydrogen) atoms. The molecule has 0 fully saturated rings. The number of nitrogens with zero attached hydrogens (tertiary/aromatic N) is 2. The van der Waals surface area contributed by atoms with Gasteiger partial charge in [-0.15, -0.1) is 6.42 Å². The Bertz CT molecular complexity index is 722. The highest BCUT2D eigenvalue weighted by molar-refractivity contribution is 6.31. The number of hydrogen-bond donors (Lipinski definition) is 2. The number of nitrogens with two attached hydrogens (primary N) is 2. The van der Waals surface area contributed by atoms with Crippen molar-refractivity contribution in [2.45, 2.75) is 19.8 Å². The van der Waals surface area contributed by atoms with Crippen molar-refractivity contribution in [2.75, 3.05) is 11.5 Å². The minimum Gasteiger partial charge on any atom is -0.451 e. The zero-order valence-corrected chi connectivity index (χ0v) is 12.5. The van der Waals surface area contributed by atoms with Gasteiger partial charge in [-0.05, 0) is 23.6 Å². The molecule has 2 aromatic rings. The fourth-order valence-corrected chi connectivity index (χ4v) is 2.04. The quantitative estimate of drug-likeness (QED) is 0.850. The largest absolute Gasteiger partial charge is 0.451 e. The Morgan fingerprint density at radius 1 is 1.29 bits per heavy atom. The van der Waals surface area contributed by atoms with Gasteiger partial charge in [-0.25, -0.2) is 4.98 Å². The highest BCUT2D eigenvalue weighted by Crippen LogP contribution is 2.36. The van der Waals surface area contributed by atoms with E-state index in [0.717, 1.165) is 5.56 Å². The highest BCUT2D eigenvalue weighted by Gasteiger charge is 2.14. The number of hydrogen-bond acceptors (Lipinski definition) is 5. The van der Waals surface area contributed by atoms with E-state index in [2.05, 4.69) is 15.9 Å². The fraction of sp³-hybridized carbons (Fsp3) is 0.200. The monoisotopic (exact) mass is 302 g/mol. The lowest BCUT2D eigenvalue weighted by Crippen LogP contribution is -2.03. The van der Waals surface area contributed by atoms with Crippen LogP contribution in [-0.2, 0) is 0 Å². The van der Waals surface area contributed by atoms with Gasteiger partial charge in [0.05, 0.1) is 11.2 Å². The molecule has 1 aromatic heterocycles. The molecule has 0 aliphatic heterocycles. The zero-order chi connectivity index (χ0) is 15.6. The number of nitrogen functional groups attached to an aromatic ring is 2. The average molecular weight is 303 g/mol. The van der Waals surface area contributed by atoms with E-state index in [-0.39, 0.29) is 17.7 Å². The lowest BCUT2D eigenvalue weighted by molar-refractivity contribution is 0.471. The fourth-order valence-electron chi connectivity index (χ4n) is 1.81. The van der Waals surface area contributed by atoms with Gasteiger partial charge >= 0.3 is 0 Å². The molecule has 0 amide bonds. The van der Waals surface area contributed by atoms with Crippen molar-refractivity contribution < 1.29 is 4.74 Å². The van der Waals surface area contributed by atoms with E-state index in [0.29, 0.717) is 22.1 Å². The molecule has 5 nitrogen and oxygen atoms in total. The maximum atomic E-state index is 6.14. The second kappa shape index (κ2) is 5.90. The van der Waals surface area contributed by atoms with Crippen LogP contribution in [0.1, 0.15) is 30.9 Å². The second-order valence-electron chi connectivity index (χ2n) is 4.75. The predicted octanol–water partition coefficient (Wildman–Crippen LogP) is 3.19. The summed E-state index contributed by atoms with van der Waals surface area (Å²) in [5.41, 5.74) is 12.7. The van der Waals surface area contributed by atoms with Crippen LogP contribution in [-0.4, -0.2) is 9.97 Å². The van der Waals surface area contributed by atoms with Gasteiger partial charge in [0.1, 0.15) is 5.75 Å². The van der Waals surface area contributed by atoms with E-state index in [9.17, 15) is 0 Å². The molecule has 1 aromatic carbocycles. The third-order valence-corrected chi connectivity index (χ3v) is 3.21. The SMILES string of the molecule is C#Cc1cc(Oc2cnc(N)nc2N)c(C(C)C)cc1Cl. The molecule has 0 atom stereocenters. The Hall–Kier alpha value is -2.45. The topological polar surface area (TPSA) is 87.0 Å². The van der Waals surface area contributed by atoms with Crippen LogP contribution < -0.4 is 16.2 Å². The number of benzene rings is 1. The van der Waals surface area contributed by atoms with Crippen LogP contribution >= 0.6 is 11.6 Å². The number of aromatic nitrogens is 2. The van der Waals surface area contributed by atoms with Gasteiger partial charge in [0.15, 0.2) is 11.6 Å². The predicted molar refractivity (Wildman–Crippen MR) is 84.4 cm³/mol. The minimum absolute atomic E-state index is 0.0874. The van der Waals surface area contributed by atoms with E-state index in [1.54, 1.807) is 12.1 Å². The van der Waals surface area contributed by atoms with Gasteiger partial charge in [-0.1, -0.05) is 31.4 Å². The van der Waals surface area contributed by atoms with E-state index >= 15 is 0 Å². The minimum atomic E-state index is 0.0874. The van der Waals surface area contributed by atoms with Gasteiger partial charge in [0.25, 0.3) is 0 Å². The molecule has 0 radical (unpaired) electrons. The summed E-state index contributed by atoms with van der Waals surface area (Å²) in [7, 11) is 0. The van der Waals surface area contributed by atoms with Gasteiger partial charge in [-0.2, -0.15) is 4.98 Å². The number of halogens is 1. The summed E-state index contributed by atoms with van der Waals surface area (Å²) in [6, 6.07) is 3.50. The molecule has 0 aliphatic rings. The molecule has 0 bridgehead atoms. The van der Waals surface area contributed by atoms with Crippen LogP contribution in [0.5, 0.6) is 11.5 Å². The summed E-state index contributed by atoms with van der Waals surface area (Å²) in [6.07, 6.45) is 6.86. The van der Waals surface area contributed by atoms with Crippen LogP contribution in [0.2, 0.25) is 5.02 Å². The Morgan fingerprint density at radius 2 is 2.00 bits per heavy atom. The first kappa shape index (κ1) is 14.9. The van der Waals surface area contributed by atoms with Crippen LogP contribution in [0.4, 0.5) is 11.8 Å². The standard InChI is InChI=1S/C15H15ClN4O/c1-4-9-5-12(10(8(2)3)6-11(9)16)21-13-7-19-15(18)20-14(13)17/h1,5-8H,2-3H3,(H4,17,18,19,20). The molecular formula is C15H15ClN4O. The Morgan fingerprint density at radius 3 is 2.57 bits per heavy atom. The van der Waals surface area contributed by atoms with E-state index in [1.807, 2.05) is 13.8 Å². The molecule has 0 spiro atoms. The molecule has 0 aliphatic carbocycles. The van der Waals surface area contributed by atoms with Crippen LogP contribution in [0.25, 0.3) is 0 Å². The third-order valence-electron chi connectivity index (χ3n) is 2.90. The van der Waals surface area contributed by atoms with Crippen molar-refractivity contribution in [1.82, 2.24) is 9.97 Å². The Kier molecular flexibility index (Phi) is 4.20. The van der Waals surface area contributed by atoms with Gasteiger partial charge < -0.3 is 16.2 Å². The molecule has 0 saturated heterocycles. The summed E-state index contributed by atoms with van der Waals surface area (Å²) in [6.45, 7) is 4.05. The number of anilines is 2. The maximum Gasteiger partial charge on any atom is 0.222 e. The van der Waals surface area contributed by atoms with Crippen molar-refractivity contribution >= 4 is 23.4 Å². The smallest absolute Gasteiger partial charge is 0.222 e. The first-order valence-corrected chi connectivity index (χ1v) is 6.66. The van der Waals surface area contributed by atoms with Gasteiger partial charge in [0, 0.05) is 5.56 Å². The van der Waals surface area contributed by atoms with Crippen molar-refractivity contribution in [3.8, 4) is 23.8 Å². The second-order valence-corrected chi connectivity index (χ2v) is 5.16. The molecule has 4 N–H and O–H groups in total. The molecular weight excluding hydrogens is 288 g/mol. The molecule has 0 unspecified atom stereocenters.